The molecule has 0 saturated heterocycles. The minimum atomic E-state index is -1.36. The van der Waals surface area contributed by atoms with Crippen LogP contribution in [0.4, 0.5) is 0 Å². The zero-order chi connectivity index (χ0) is 13.8. The number of esters is 1. The fraction of sp³-hybridized carbons (Fsp3) is 0.846. The van der Waals surface area contributed by atoms with Gasteiger partial charge in [0.1, 0.15) is 0 Å². The first-order chi connectivity index (χ1) is 8.57. The number of carboxylic acid groups (broad SMARTS) is 1. The molecule has 0 amide bonds. The van der Waals surface area contributed by atoms with E-state index in [-0.39, 0.29) is 19.4 Å². The predicted molar refractivity (Wildman–Crippen MR) is 64.6 cm³/mol. The summed E-state index contributed by atoms with van der Waals surface area (Å²) in [5, 5.41) is 19.4. The molecule has 0 spiro atoms. The van der Waals surface area contributed by atoms with Crippen molar-refractivity contribution >= 4 is 11.9 Å². The summed E-state index contributed by atoms with van der Waals surface area (Å²) >= 11 is 0. The van der Waals surface area contributed by atoms with E-state index in [2.05, 4.69) is 6.92 Å². The van der Waals surface area contributed by atoms with E-state index in [1.807, 2.05) is 0 Å². The maximum atomic E-state index is 11.2. The molecule has 0 rings (SSSR count). The van der Waals surface area contributed by atoms with Crippen LogP contribution in [-0.4, -0.2) is 29.8 Å². The van der Waals surface area contributed by atoms with Crippen molar-refractivity contribution in [2.75, 3.05) is 6.61 Å². The van der Waals surface area contributed by atoms with Crippen LogP contribution in [-0.2, 0) is 14.3 Å². The minimum Gasteiger partial charge on any atom is -0.550 e. The Bertz CT molecular complexity index is 240. The topological polar surface area (TPSA) is 86.7 Å². The molecule has 0 radical (unpaired) electrons. The zero-order valence-electron chi connectivity index (χ0n) is 11.0. The third kappa shape index (κ3) is 10.1. The molecule has 0 aliphatic heterocycles. The molecule has 0 bridgehead atoms. The highest BCUT2D eigenvalue weighted by molar-refractivity contribution is 5.75. The SMILES string of the molecule is CCCCCCCCOC(=O)[C@@H](O)CCC(=O)[O-]. The van der Waals surface area contributed by atoms with Crippen LogP contribution < -0.4 is 5.11 Å². The van der Waals surface area contributed by atoms with Gasteiger partial charge in [0.15, 0.2) is 6.10 Å². The lowest BCUT2D eigenvalue weighted by molar-refractivity contribution is -0.306. The lowest BCUT2D eigenvalue weighted by Gasteiger charge is -2.10. The number of aliphatic hydroxyl groups is 1. The number of ether oxygens (including phenoxy) is 1. The van der Waals surface area contributed by atoms with Gasteiger partial charge in [0.05, 0.1) is 6.61 Å². The van der Waals surface area contributed by atoms with E-state index < -0.39 is 18.0 Å². The Hall–Kier alpha value is -1.10. The van der Waals surface area contributed by atoms with E-state index in [0.29, 0.717) is 0 Å². The predicted octanol–water partition coefficient (Wildman–Crippen LogP) is 0.781. The molecule has 5 heteroatoms. The van der Waals surface area contributed by atoms with Gasteiger partial charge in [-0.15, -0.1) is 0 Å². The van der Waals surface area contributed by atoms with Crippen LogP contribution in [0.1, 0.15) is 58.3 Å². The fourth-order valence-electron chi connectivity index (χ4n) is 1.52. The standard InChI is InChI=1S/C13H24O5/c1-2-3-4-5-6-7-10-18-13(17)11(14)8-9-12(15)16/h11,14H,2-10H2,1H3,(H,15,16)/p-1/t11-/m0/s1. The number of carbonyl (C=O) groups is 2. The quantitative estimate of drug-likeness (QED) is 0.437. The van der Waals surface area contributed by atoms with Gasteiger partial charge in [-0.2, -0.15) is 0 Å². The molecule has 0 aromatic rings. The number of hydrogen-bond donors (Lipinski definition) is 1. The number of carboxylic acids is 1. The van der Waals surface area contributed by atoms with E-state index in [0.717, 1.165) is 19.3 Å². The van der Waals surface area contributed by atoms with Gasteiger partial charge in [-0.25, -0.2) is 4.79 Å². The van der Waals surface area contributed by atoms with Gasteiger partial charge in [0.2, 0.25) is 0 Å². The van der Waals surface area contributed by atoms with Gasteiger partial charge in [-0.05, 0) is 19.3 Å². The summed E-state index contributed by atoms with van der Waals surface area (Å²) in [5.74, 6) is -2.03. The molecule has 0 aliphatic carbocycles. The van der Waals surface area contributed by atoms with Gasteiger partial charge >= 0.3 is 5.97 Å². The lowest BCUT2D eigenvalue weighted by Crippen LogP contribution is -2.28. The Kier molecular flexibility index (Phi) is 10.3. The highest BCUT2D eigenvalue weighted by Gasteiger charge is 2.15. The first-order valence-corrected chi connectivity index (χ1v) is 6.62. The van der Waals surface area contributed by atoms with E-state index in [1.54, 1.807) is 0 Å². The van der Waals surface area contributed by atoms with E-state index in [4.69, 9.17) is 4.74 Å². The van der Waals surface area contributed by atoms with Crippen molar-refractivity contribution in [1.29, 1.82) is 0 Å². The summed E-state index contributed by atoms with van der Waals surface area (Å²) in [4.78, 5) is 21.3. The summed E-state index contributed by atoms with van der Waals surface area (Å²) in [5.41, 5.74) is 0. The number of hydrogen-bond acceptors (Lipinski definition) is 5. The average molecular weight is 259 g/mol. The van der Waals surface area contributed by atoms with Crippen LogP contribution in [0.15, 0.2) is 0 Å². The van der Waals surface area contributed by atoms with Crippen LogP contribution in [0, 0.1) is 0 Å². The Morgan fingerprint density at radius 2 is 1.78 bits per heavy atom. The molecule has 5 nitrogen and oxygen atoms in total. The molecular weight excluding hydrogens is 236 g/mol. The number of rotatable bonds is 11. The van der Waals surface area contributed by atoms with Crippen LogP contribution in [0.2, 0.25) is 0 Å². The van der Waals surface area contributed by atoms with Crippen molar-refractivity contribution < 1.29 is 24.5 Å². The van der Waals surface area contributed by atoms with Gasteiger partial charge in [0.25, 0.3) is 0 Å². The van der Waals surface area contributed by atoms with Crippen molar-refractivity contribution in [2.45, 2.75) is 64.4 Å². The highest BCUT2D eigenvalue weighted by Crippen LogP contribution is 2.06. The number of aliphatic carboxylic acids is 1. The molecule has 18 heavy (non-hydrogen) atoms. The first kappa shape index (κ1) is 16.9. The largest absolute Gasteiger partial charge is 0.550 e. The molecular formula is C13H23O5-. The van der Waals surface area contributed by atoms with E-state index >= 15 is 0 Å². The van der Waals surface area contributed by atoms with E-state index in [1.165, 1.54) is 19.3 Å². The Morgan fingerprint density at radius 3 is 2.39 bits per heavy atom. The second-order valence-corrected chi connectivity index (χ2v) is 4.36. The van der Waals surface area contributed by atoms with Gasteiger partial charge in [-0.3, -0.25) is 0 Å². The molecule has 0 heterocycles. The Labute approximate surface area is 108 Å². The van der Waals surface area contributed by atoms with Crippen LogP contribution in [0.25, 0.3) is 0 Å². The Balaban J connectivity index is 3.43. The van der Waals surface area contributed by atoms with Gasteiger partial charge in [-0.1, -0.05) is 39.0 Å². The van der Waals surface area contributed by atoms with Gasteiger partial charge < -0.3 is 19.7 Å². The maximum Gasteiger partial charge on any atom is 0.334 e. The zero-order valence-corrected chi connectivity index (χ0v) is 11.0. The molecule has 0 fully saturated rings. The Morgan fingerprint density at radius 1 is 1.17 bits per heavy atom. The average Bonchev–Trinajstić information content (AvgIpc) is 2.34. The normalized spacial score (nSPS) is 12.1. The maximum absolute atomic E-state index is 11.2. The van der Waals surface area contributed by atoms with Crippen molar-refractivity contribution in [1.82, 2.24) is 0 Å². The van der Waals surface area contributed by atoms with Crippen LogP contribution in [0.5, 0.6) is 0 Å². The fourth-order valence-corrected chi connectivity index (χ4v) is 1.52. The molecule has 0 unspecified atom stereocenters. The molecule has 0 saturated carbocycles. The molecule has 0 aliphatic rings. The van der Waals surface area contributed by atoms with Crippen molar-refractivity contribution in [2.24, 2.45) is 0 Å². The van der Waals surface area contributed by atoms with Crippen molar-refractivity contribution in [3.8, 4) is 0 Å². The number of unbranched alkanes of at least 4 members (excludes halogenated alkanes) is 5. The summed E-state index contributed by atoms with van der Waals surface area (Å²) < 4.78 is 4.84. The minimum absolute atomic E-state index is 0.155. The number of carbonyl (C=O) groups excluding carboxylic acids is 2. The lowest BCUT2D eigenvalue weighted by atomic mass is 10.1. The van der Waals surface area contributed by atoms with Crippen LogP contribution in [0.3, 0.4) is 0 Å². The second-order valence-electron chi connectivity index (χ2n) is 4.36. The summed E-state index contributed by atoms with van der Waals surface area (Å²) in [6, 6.07) is 0. The second kappa shape index (κ2) is 11.0. The van der Waals surface area contributed by atoms with E-state index in [9.17, 15) is 19.8 Å². The molecule has 1 N–H and O–H groups in total. The van der Waals surface area contributed by atoms with Crippen LogP contribution >= 0.6 is 0 Å². The molecule has 0 aromatic heterocycles. The first-order valence-electron chi connectivity index (χ1n) is 6.62. The molecule has 0 aromatic carbocycles. The summed E-state index contributed by atoms with van der Waals surface area (Å²) in [7, 11) is 0. The highest BCUT2D eigenvalue weighted by atomic mass is 16.5. The summed E-state index contributed by atoms with van der Waals surface area (Å²) in [6.45, 7) is 2.43. The third-order valence-corrected chi connectivity index (χ3v) is 2.64. The molecule has 106 valence electrons. The number of aliphatic hydroxyl groups excluding tert-OH is 1. The van der Waals surface area contributed by atoms with Gasteiger partial charge in [0, 0.05) is 5.97 Å². The summed E-state index contributed by atoms with van der Waals surface area (Å²) in [6.07, 6.45) is 4.66. The molecule has 1 atom stereocenters. The van der Waals surface area contributed by atoms with Crippen molar-refractivity contribution in [3.05, 3.63) is 0 Å². The third-order valence-electron chi connectivity index (χ3n) is 2.64. The van der Waals surface area contributed by atoms with Crippen molar-refractivity contribution in [3.63, 3.8) is 0 Å². The monoisotopic (exact) mass is 259 g/mol. The smallest absolute Gasteiger partial charge is 0.334 e.